The fourth-order valence-electron chi connectivity index (χ4n) is 2.36. The smallest absolute Gasteiger partial charge is 0.337 e. The van der Waals surface area contributed by atoms with E-state index in [1.807, 2.05) is 13.8 Å². The van der Waals surface area contributed by atoms with E-state index in [1.165, 1.54) is 7.11 Å². The van der Waals surface area contributed by atoms with Crippen LogP contribution in [0.1, 0.15) is 29.3 Å². The number of carbonyl (C=O) groups is 2. The van der Waals surface area contributed by atoms with Crippen molar-refractivity contribution in [2.45, 2.75) is 26.4 Å². The molecule has 0 bridgehead atoms. The Labute approximate surface area is 153 Å². The van der Waals surface area contributed by atoms with Gasteiger partial charge < -0.3 is 19.5 Å². The third-order valence-corrected chi connectivity index (χ3v) is 3.92. The van der Waals surface area contributed by atoms with Crippen LogP contribution in [-0.4, -0.2) is 32.2 Å². The van der Waals surface area contributed by atoms with Gasteiger partial charge in [0.05, 0.1) is 19.8 Å². The van der Waals surface area contributed by atoms with Gasteiger partial charge in [-0.05, 0) is 55.3 Å². The van der Waals surface area contributed by atoms with Crippen molar-refractivity contribution >= 4 is 17.6 Å². The molecule has 0 radical (unpaired) electrons. The highest BCUT2D eigenvalue weighted by atomic mass is 16.5. The van der Waals surface area contributed by atoms with E-state index in [9.17, 15) is 9.59 Å². The lowest BCUT2D eigenvalue weighted by atomic mass is 10.1. The van der Waals surface area contributed by atoms with Crippen molar-refractivity contribution in [3.05, 3.63) is 53.6 Å². The van der Waals surface area contributed by atoms with Crippen LogP contribution >= 0.6 is 0 Å². The number of anilines is 1. The van der Waals surface area contributed by atoms with Crippen LogP contribution in [0.4, 0.5) is 5.69 Å². The van der Waals surface area contributed by atoms with E-state index < -0.39 is 12.1 Å². The van der Waals surface area contributed by atoms with Gasteiger partial charge in [-0.1, -0.05) is 13.0 Å². The summed E-state index contributed by atoms with van der Waals surface area (Å²) in [5.74, 6) is 0.549. The lowest BCUT2D eigenvalue weighted by Crippen LogP contribution is -2.32. The largest absolute Gasteiger partial charge is 0.497 e. The second kappa shape index (κ2) is 8.89. The maximum absolute atomic E-state index is 12.6. The third-order valence-electron chi connectivity index (χ3n) is 3.92. The number of methoxy groups -OCH3 is 2. The van der Waals surface area contributed by atoms with Crippen LogP contribution in [0.2, 0.25) is 0 Å². The molecule has 2 rings (SSSR count). The number of hydrogen-bond donors (Lipinski definition) is 1. The van der Waals surface area contributed by atoms with Crippen molar-refractivity contribution in [2.24, 2.45) is 0 Å². The van der Waals surface area contributed by atoms with Crippen LogP contribution in [0.15, 0.2) is 42.5 Å². The summed E-state index contributed by atoms with van der Waals surface area (Å²) in [6.07, 6.45) is -0.169. The first kappa shape index (κ1) is 19.3. The van der Waals surface area contributed by atoms with Gasteiger partial charge in [-0.3, -0.25) is 4.79 Å². The number of esters is 1. The Balaban J connectivity index is 2.12. The minimum absolute atomic E-state index is 0.284. The molecule has 0 aliphatic carbocycles. The van der Waals surface area contributed by atoms with E-state index >= 15 is 0 Å². The van der Waals surface area contributed by atoms with Gasteiger partial charge in [-0.2, -0.15) is 0 Å². The number of amides is 1. The molecule has 0 unspecified atom stereocenters. The Bertz CT molecular complexity index is 770. The van der Waals surface area contributed by atoms with E-state index in [-0.39, 0.29) is 5.91 Å². The Kier molecular flexibility index (Phi) is 6.60. The molecule has 0 aromatic heterocycles. The van der Waals surface area contributed by atoms with Gasteiger partial charge >= 0.3 is 5.97 Å². The number of hydrogen-bond acceptors (Lipinski definition) is 5. The monoisotopic (exact) mass is 357 g/mol. The van der Waals surface area contributed by atoms with E-state index in [2.05, 4.69) is 5.32 Å². The Morgan fingerprint density at radius 2 is 1.69 bits per heavy atom. The normalized spacial score (nSPS) is 11.4. The molecular weight excluding hydrogens is 334 g/mol. The van der Waals surface area contributed by atoms with Crippen molar-refractivity contribution in [3.63, 3.8) is 0 Å². The predicted molar refractivity (Wildman–Crippen MR) is 98.8 cm³/mol. The highest BCUT2D eigenvalue weighted by molar-refractivity contribution is 5.97. The first-order valence-electron chi connectivity index (χ1n) is 8.29. The van der Waals surface area contributed by atoms with Crippen molar-refractivity contribution in [1.29, 1.82) is 0 Å². The number of nitrogens with one attached hydrogen (secondary N) is 1. The zero-order valence-corrected chi connectivity index (χ0v) is 15.4. The van der Waals surface area contributed by atoms with Crippen LogP contribution in [0.3, 0.4) is 0 Å². The van der Waals surface area contributed by atoms with Crippen molar-refractivity contribution in [1.82, 2.24) is 0 Å². The molecule has 1 amide bonds. The zero-order valence-electron chi connectivity index (χ0n) is 15.4. The molecular formula is C20H23NO5. The molecule has 1 atom stereocenters. The van der Waals surface area contributed by atoms with Gasteiger partial charge in [-0.15, -0.1) is 0 Å². The van der Waals surface area contributed by atoms with Crippen LogP contribution < -0.4 is 14.8 Å². The maximum Gasteiger partial charge on any atom is 0.337 e. The first-order chi connectivity index (χ1) is 12.5. The van der Waals surface area contributed by atoms with Gasteiger partial charge in [-0.25, -0.2) is 4.79 Å². The molecule has 0 saturated carbocycles. The number of rotatable bonds is 7. The summed E-state index contributed by atoms with van der Waals surface area (Å²) in [5.41, 5.74) is 1.76. The lowest BCUT2D eigenvalue weighted by Gasteiger charge is -2.18. The Morgan fingerprint density at radius 1 is 1.04 bits per heavy atom. The molecule has 26 heavy (non-hydrogen) atoms. The fourth-order valence-corrected chi connectivity index (χ4v) is 2.36. The molecule has 2 aromatic rings. The van der Waals surface area contributed by atoms with Gasteiger partial charge in [0.1, 0.15) is 11.5 Å². The summed E-state index contributed by atoms with van der Waals surface area (Å²) >= 11 is 0. The van der Waals surface area contributed by atoms with Crippen LogP contribution in [0.5, 0.6) is 11.5 Å². The quantitative estimate of drug-likeness (QED) is 0.767. The number of aryl methyl sites for hydroxylation is 1. The van der Waals surface area contributed by atoms with Crippen LogP contribution in [0, 0.1) is 6.92 Å². The molecule has 138 valence electrons. The minimum Gasteiger partial charge on any atom is -0.497 e. The van der Waals surface area contributed by atoms with Crippen molar-refractivity contribution in [3.8, 4) is 11.5 Å². The van der Waals surface area contributed by atoms with E-state index in [4.69, 9.17) is 14.2 Å². The standard InChI is InChI=1S/C20H23NO5/c1-5-18(26-16-10-8-15(24-3)9-11-16)19(22)21-17-12-14(20(23)25-4)7-6-13(17)2/h6-12,18H,5H2,1-4H3,(H,21,22)/t18-/m1/s1. The summed E-state index contributed by atoms with van der Waals surface area (Å²) in [4.78, 5) is 24.3. The minimum atomic E-state index is -0.662. The van der Waals surface area contributed by atoms with Crippen LogP contribution in [-0.2, 0) is 9.53 Å². The van der Waals surface area contributed by atoms with E-state index in [0.717, 1.165) is 5.56 Å². The average molecular weight is 357 g/mol. The fraction of sp³-hybridized carbons (Fsp3) is 0.300. The highest BCUT2D eigenvalue weighted by Crippen LogP contribution is 2.21. The molecule has 0 spiro atoms. The molecule has 0 fully saturated rings. The lowest BCUT2D eigenvalue weighted by molar-refractivity contribution is -0.122. The van der Waals surface area contributed by atoms with Crippen molar-refractivity contribution < 1.29 is 23.8 Å². The summed E-state index contributed by atoms with van der Waals surface area (Å²) in [6.45, 7) is 3.72. The van der Waals surface area contributed by atoms with E-state index in [0.29, 0.717) is 29.2 Å². The predicted octanol–water partition coefficient (Wildman–Crippen LogP) is 3.59. The SMILES string of the molecule is CC[C@@H](Oc1ccc(OC)cc1)C(=O)Nc1cc(C(=O)OC)ccc1C. The van der Waals surface area contributed by atoms with Gasteiger partial charge in [0.2, 0.25) is 0 Å². The van der Waals surface area contributed by atoms with Gasteiger partial charge in [0, 0.05) is 5.69 Å². The van der Waals surface area contributed by atoms with Crippen molar-refractivity contribution in [2.75, 3.05) is 19.5 Å². The highest BCUT2D eigenvalue weighted by Gasteiger charge is 2.20. The molecule has 1 N–H and O–H groups in total. The van der Waals surface area contributed by atoms with Crippen LogP contribution in [0.25, 0.3) is 0 Å². The maximum atomic E-state index is 12.6. The average Bonchev–Trinajstić information content (AvgIpc) is 2.67. The second-order valence-electron chi connectivity index (χ2n) is 5.70. The summed E-state index contributed by atoms with van der Waals surface area (Å²) in [5, 5.41) is 2.83. The summed E-state index contributed by atoms with van der Waals surface area (Å²) in [6, 6.07) is 12.0. The molecule has 6 heteroatoms. The zero-order chi connectivity index (χ0) is 19.1. The molecule has 0 heterocycles. The van der Waals surface area contributed by atoms with Gasteiger partial charge in [0.25, 0.3) is 5.91 Å². The number of benzene rings is 2. The number of carbonyl (C=O) groups excluding carboxylic acids is 2. The van der Waals surface area contributed by atoms with E-state index in [1.54, 1.807) is 49.6 Å². The first-order valence-corrected chi connectivity index (χ1v) is 8.29. The summed E-state index contributed by atoms with van der Waals surface area (Å²) < 4.78 is 15.6. The molecule has 0 aliphatic heterocycles. The number of ether oxygens (including phenoxy) is 3. The van der Waals surface area contributed by atoms with Gasteiger partial charge in [0.15, 0.2) is 6.10 Å². The second-order valence-corrected chi connectivity index (χ2v) is 5.70. The molecule has 0 aliphatic rings. The molecule has 2 aromatic carbocycles. The molecule has 0 saturated heterocycles. The Morgan fingerprint density at radius 3 is 2.27 bits per heavy atom. The summed E-state index contributed by atoms with van der Waals surface area (Å²) in [7, 11) is 2.90. The Hall–Kier alpha value is -3.02. The third kappa shape index (κ3) is 4.75. The molecule has 6 nitrogen and oxygen atoms in total. The topological polar surface area (TPSA) is 73.9 Å².